The van der Waals surface area contributed by atoms with E-state index in [-0.39, 0.29) is 76.6 Å². The van der Waals surface area contributed by atoms with Crippen molar-refractivity contribution in [1.82, 2.24) is 15.7 Å². The zero-order valence-corrected chi connectivity index (χ0v) is 26.5. The average molecular weight is 582 g/mol. The van der Waals surface area contributed by atoms with E-state index in [0.717, 1.165) is 19.3 Å². The summed E-state index contributed by atoms with van der Waals surface area (Å²) >= 11 is 0. The molecule has 0 radical (unpaired) electrons. The number of hydrogen-bond donors (Lipinski definition) is 4. The molecule has 1 aliphatic rings. The molecule has 5 atom stereocenters. The smallest absolute Gasteiger partial charge is 0.548 e. The molecule has 1 aliphatic heterocycles. The Morgan fingerprint density at radius 1 is 1.18 bits per heavy atom. The van der Waals surface area contributed by atoms with E-state index in [9.17, 15) is 28.9 Å². The summed E-state index contributed by atoms with van der Waals surface area (Å²) in [5, 5.41) is 18.0. The Kier molecular flexibility index (Phi) is 16.4. The van der Waals surface area contributed by atoms with Crippen molar-refractivity contribution in [2.24, 2.45) is 5.92 Å². The fraction of sp³-hybridized carbons (Fsp3) is 0.625. The fourth-order valence-electron chi connectivity index (χ4n) is 3.72. The first-order chi connectivity index (χ1) is 17.5. The molecule has 2 unspecified atom stereocenters. The summed E-state index contributed by atoms with van der Waals surface area (Å²) in [4.78, 5) is 46.8. The first-order valence-electron chi connectivity index (χ1n) is 12.4. The monoisotopic (exact) mass is 581 g/mol. The second kappa shape index (κ2) is 17.7. The van der Waals surface area contributed by atoms with Crippen LogP contribution >= 0.6 is 7.75 Å². The number of hydrogen-bond acceptors (Lipinski definition) is 8. The summed E-state index contributed by atoms with van der Waals surface area (Å²) < 4.78 is 28.5. The van der Waals surface area contributed by atoms with E-state index in [4.69, 9.17) is 14.0 Å². The van der Waals surface area contributed by atoms with Crippen molar-refractivity contribution in [1.29, 1.82) is 0 Å². The van der Waals surface area contributed by atoms with Gasteiger partial charge in [-0.2, -0.15) is 0 Å². The van der Waals surface area contributed by atoms with Gasteiger partial charge in [0.25, 0.3) is 0 Å². The largest absolute Gasteiger partial charge is 1.00 e. The molecular weight excluding hydrogens is 544 g/mol. The minimum atomic E-state index is -4.27. The quantitative estimate of drug-likeness (QED) is 0.129. The van der Waals surface area contributed by atoms with Gasteiger partial charge in [0.15, 0.2) is 6.29 Å². The molecule has 2 amide bonds. The molecule has 38 heavy (non-hydrogen) atoms. The molecule has 2 rings (SSSR count). The molecule has 1 saturated heterocycles. The van der Waals surface area contributed by atoms with Gasteiger partial charge in [-0.1, -0.05) is 32.4 Å². The number of rotatable bonds is 15. The summed E-state index contributed by atoms with van der Waals surface area (Å²) in [5.41, 5.74) is 0.668. The van der Waals surface area contributed by atoms with Crippen LogP contribution in [0.2, 0.25) is 0 Å². The van der Waals surface area contributed by atoms with E-state index in [1.807, 2.05) is 6.92 Å². The molecule has 14 heteroatoms. The number of nitrogens with one attached hydrogen (secondary N) is 3. The molecule has 0 spiro atoms. The van der Waals surface area contributed by atoms with Gasteiger partial charge in [-0.3, -0.25) is 14.1 Å². The summed E-state index contributed by atoms with van der Waals surface area (Å²) in [7, 11) is -4.27. The van der Waals surface area contributed by atoms with E-state index < -0.39 is 44.2 Å². The van der Waals surface area contributed by atoms with Gasteiger partial charge < -0.3 is 34.9 Å². The van der Waals surface area contributed by atoms with E-state index in [0.29, 0.717) is 24.3 Å². The number of carboxylic acids is 1. The third kappa shape index (κ3) is 12.5. The molecule has 0 saturated carbocycles. The Morgan fingerprint density at radius 3 is 2.42 bits per heavy atom. The van der Waals surface area contributed by atoms with Crippen molar-refractivity contribution in [2.45, 2.75) is 71.2 Å². The van der Waals surface area contributed by atoms with Crippen LogP contribution in [0.1, 0.15) is 52.0 Å². The van der Waals surface area contributed by atoms with Gasteiger partial charge in [0.1, 0.15) is 11.8 Å². The first-order valence-corrected chi connectivity index (χ1v) is 14.0. The molecule has 1 fully saturated rings. The maximum atomic E-state index is 13.1. The minimum absolute atomic E-state index is 0. The number of benzene rings is 1. The van der Waals surface area contributed by atoms with Crippen LogP contribution in [0.25, 0.3) is 0 Å². The van der Waals surface area contributed by atoms with Gasteiger partial charge in [0, 0.05) is 12.8 Å². The summed E-state index contributed by atoms with van der Waals surface area (Å²) in [6.45, 7) is 4.93. The topological polar surface area (TPSA) is 175 Å². The van der Waals surface area contributed by atoms with Crippen molar-refractivity contribution in [3.63, 3.8) is 0 Å². The number of amides is 2. The third-order valence-electron chi connectivity index (χ3n) is 5.91. The predicted molar refractivity (Wildman–Crippen MR) is 132 cm³/mol. The van der Waals surface area contributed by atoms with E-state index in [2.05, 4.69) is 15.7 Å². The molecule has 0 aromatic heterocycles. The van der Waals surface area contributed by atoms with Crippen LogP contribution in [0.15, 0.2) is 24.3 Å². The van der Waals surface area contributed by atoms with Crippen LogP contribution < -0.4 is 76.9 Å². The van der Waals surface area contributed by atoms with Gasteiger partial charge in [0.2, 0.25) is 11.8 Å². The van der Waals surface area contributed by atoms with E-state index in [1.165, 1.54) is 0 Å². The molecule has 12 nitrogen and oxygen atoms in total. The zero-order valence-electron chi connectivity index (χ0n) is 22.4. The van der Waals surface area contributed by atoms with Crippen LogP contribution in [-0.2, 0) is 34.6 Å². The zero-order chi connectivity index (χ0) is 27.4. The predicted octanol–water partition coefficient (Wildman–Crippen LogP) is -2.37. The summed E-state index contributed by atoms with van der Waals surface area (Å²) in [6.07, 6.45) is 3.02. The third-order valence-corrected chi connectivity index (χ3v) is 7.12. The summed E-state index contributed by atoms with van der Waals surface area (Å²) in [5.74, 6) is -2.72. The Labute approximate surface area is 265 Å². The maximum absolute atomic E-state index is 13.1. The Balaban J connectivity index is 0.00000722. The van der Waals surface area contributed by atoms with Crippen LogP contribution in [0.3, 0.4) is 0 Å². The summed E-state index contributed by atoms with van der Waals surface area (Å²) in [6, 6.07) is 4.58. The molecule has 0 bridgehead atoms. The number of carboxylic acid groups (broad SMARTS) is 1. The first kappa shape index (κ1) is 35.2. The van der Waals surface area contributed by atoms with Crippen molar-refractivity contribution >= 4 is 25.5 Å². The van der Waals surface area contributed by atoms with Crippen LogP contribution in [-0.4, -0.2) is 60.8 Å². The van der Waals surface area contributed by atoms with Crippen molar-refractivity contribution in [3.8, 4) is 5.75 Å². The minimum Gasteiger partial charge on any atom is -0.548 e. The Hall–Kier alpha value is -0.864. The SMILES string of the molecule is CCOP(=O)(O)N[C@H](C(=O)N[C@@H](Cc1ccc(OC2CCCCO2)cc1)C(=O)NCC(=O)[O-])[C@@H](C)CC.[K+]. The van der Waals surface area contributed by atoms with Crippen molar-refractivity contribution < 1.29 is 94.3 Å². The molecule has 0 aliphatic carbocycles. The fourth-order valence-corrected chi connectivity index (χ4v) is 4.86. The maximum Gasteiger partial charge on any atom is 1.00 e. The Bertz CT molecular complexity index is 945. The molecule has 4 N–H and O–H groups in total. The molecule has 1 aromatic carbocycles. The van der Waals surface area contributed by atoms with E-state index >= 15 is 0 Å². The second-order valence-electron chi connectivity index (χ2n) is 8.84. The molecule has 208 valence electrons. The van der Waals surface area contributed by atoms with Gasteiger partial charge >= 0.3 is 59.1 Å². The molecular formula is C24H37KN3O9P. The number of ether oxygens (including phenoxy) is 2. The van der Waals surface area contributed by atoms with Crippen molar-refractivity contribution in [3.05, 3.63) is 29.8 Å². The standard InChI is InChI=1S/C24H38N3O9P.K/c1-4-16(3)22(27-37(32,33)35-5-2)24(31)26-19(23(30)25-15-20(28)29)14-17-9-11-18(12-10-17)36-21-8-6-7-13-34-21;/h9-12,16,19,21-22H,4-8,13-15H2,1-3H3,(H,25,30)(H,26,31)(H,28,29)(H2,27,32,33);/q;+1/p-1/t16-,19-,21?,22-;/m0./s1. The van der Waals surface area contributed by atoms with Crippen molar-refractivity contribution in [2.75, 3.05) is 19.8 Å². The average Bonchev–Trinajstić information content (AvgIpc) is 2.86. The molecule has 1 heterocycles. The van der Waals surface area contributed by atoms with Gasteiger partial charge in [-0.05, 0) is 43.4 Å². The van der Waals surface area contributed by atoms with Crippen LogP contribution in [0.4, 0.5) is 0 Å². The number of aliphatic carboxylic acids is 1. The van der Waals surface area contributed by atoms with Gasteiger partial charge in [0.05, 0.1) is 31.8 Å². The van der Waals surface area contributed by atoms with E-state index in [1.54, 1.807) is 38.1 Å². The number of carbonyl (C=O) groups excluding carboxylic acids is 3. The second-order valence-corrected chi connectivity index (χ2v) is 10.4. The van der Waals surface area contributed by atoms with Crippen LogP contribution in [0, 0.1) is 5.92 Å². The molecule has 1 aromatic rings. The van der Waals surface area contributed by atoms with Crippen LogP contribution in [0.5, 0.6) is 5.75 Å². The number of carbonyl (C=O) groups is 3. The van der Waals surface area contributed by atoms with Gasteiger partial charge in [-0.25, -0.2) is 9.65 Å². The normalized spacial score (nSPS) is 19.1. The van der Waals surface area contributed by atoms with Gasteiger partial charge in [-0.15, -0.1) is 0 Å². The Morgan fingerprint density at radius 2 is 1.87 bits per heavy atom.